The summed E-state index contributed by atoms with van der Waals surface area (Å²) in [6, 6.07) is 5.03. The lowest BCUT2D eigenvalue weighted by molar-refractivity contribution is 0.573. The first kappa shape index (κ1) is 13.4. The quantitative estimate of drug-likeness (QED) is 0.756. The fourth-order valence-electron chi connectivity index (χ4n) is 1.43. The molecule has 0 heterocycles. The van der Waals surface area contributed by atoms with Gasteiger partial charge in [0.1, 0.15) is 5.82 Å². The lowest BCUT2D eigenvalue weighted by atomic mass is 10.2. The van der Waals surface area contributed by atoms with Crippen molar-refractivity contribution >= 4 is 11.6 Å². The van der Waals surface area contributed by atoms with Gasteiger partial charge in [0.15, 0.2) is 0 Å². The van der Waals surface area contributed by atoms with Crippen LogP contribution in [0.1, 0.15) is 25.3 Å². The van der Waals surface area contributed by atoms with Crippen molar-refractivity contribution in [1.82, 2.24) is 5.32 Å². The third-order valence-corrected chi connectivity index (χ3v) is 2.62. The molecule has 90 valence electrons. The third-order valence-electron chi connectivity index (χ3n) is 2.33. The van der Waals surface area contributed by atoms with E-state index in [4.69, 9.17) is 17.3 Å². The molecular formula is C12H18ClFN2. The number of hydrogen-bond acceptors (Lipinski definition) is 2. The Labute approximate surface area is 101 Å². The van der Waals surface area contributed by atoms with Crippen LogP contribution in [-0.2, 0) is 6.54 Å². The van der Waals surface area contributed by atoms with E-state index in [0.717, 1.165) is 24.9 Å². The Morgan fingerprint density at radius 2 is 2.25 bits per heavy atom. The maximum atomic E-state index is 12.9. The lowest BCUT2D eigenvalue weighted by Gasteiger charge is -2.07. The van der Waals surface area contributed by atoms with Gasteiger partial charge < -0.3 is 11.1 Å². The van der Waals surface area contributed by atoms with Gasteiger partial charge in [-0.2, -0.15) is 0 Å². The fraction of sp³-hybridized carbons (Fsp3) is 0.500. The van der Waals surface area contributed by atoms with Crippen LogP contribution in [0, 0.1) is 5.82 Å². The van der Waals surface area contributed by atoms with Crippen LogP contribution in [0.25, 0.3) is 0 Å². The third kappa shape index (κ3) is 4.92. The maximum absolute atomic E-state index is 12.9. The van der Waals surface area contributed by atoms with E-state index in [2.05, 4.69) is 5.32 Å². The molecule has 0 radical (unpaired) electrons. The molecule has 16 heavy (non-hydrogen) atoms. The molecule has 2 nitrogen and oxygen atoms in total. The van der Waals surface area contributed by atoms with Gasteiger partial charge in [-0.15, -0.1) is 0 Å². The van der Waals surface area contributed by atoms with Crippen LogP contribution >= 0.6 is 11.6 Å². The molecule has 0 aliphatic heterocycles. The normalized spacial score (nSPS) is 12.8. The highest BCUT2D eigenvalue weighted by Gasteiger charge is 2.00. The predicted molar refractivity (Wildman–Crippen MR) is 66.0 cm³/mol. The van der Waals surface area contributed by atoms with Crippen LogP contribution in [-0.4, -0.2) is 12.6 Å². The Hall–Kier alpha value is -0.640. The van der Waals surface area contributed by atoms with Gasteiger partial charge in [-0.1, -0.05) is 17.7 Å². The molecule has 3 N–H and O–H groups in total. The van der Waals surface area contributed by atoms with Gasteiger partial charge in [0.25, 0.3) is 0 Å². The van der Waals surface area contributed by atoms with E-state index in [1.807, 2.05) is 6.92 Å². The van der Waals surface area contributed by atoms with Crippen LogP contribution in [0.5, 0.6) is 0 Å². The van der Waals surface area contributed by atoms with Crippen LogP contribution in [0.4, 0.5) is 4.39 Å². The summed E-state index contributed by atoms with van der Waals surface area (Å²) < 4.78 is 12.9. The van der Waals surface area contributed by atoms with Crippen molar-refractivity contribution in [3.63, 3.8) is 0 Å². The van der Waals surface area contributed by atoms with Crippen molar-refractivity contribution in [2.75, 3.05) is 6.54 Å². The standard InChI is InChI=1S/C12H18ClFN2/c1-9(15)3-2-6-16-8-10-4-5-12(14)11(13)7-10/h4-5,7,9,16H,2-3,6,8,15H2,1H3. The van der Waals surface area contributed by atoms with Crippen molar-refractivity contribution in [1.29, 1.82) is 0 Å². The zero-order chi connectivity index (χ0) is 12.0. The van der Waals surface area contributed by atoms with E-state index in [0.29, 0.717) is 6.54 Å². The first-order chi connectivity index (χ1) is 7.59. The Balaban J connectivity index is 2.24. The molecule has 1 aromatic rings. The van der Waals surface area contributed by atoms with Crippen molar-refractivity contribution < 1.29 is 4.39 Å². The molecule has 0 saturated carbocycles. The molecule has 1 unspecified atom stereocenters. The summed E-state index contributed by atoms with van der Waals surface area (Å²) in [5.74, 6) is -0.373. The molecule has 0 spiro atoms. The van der Waals surface area contributed by atoms with Gasteiger partial charge in [-0.3, -0.25) is 0 Å². The van der Waals surface area contributed by atoms with Gasteiger partial charge in [0.2, 0.25) is 0 Å². The number of nitrogens with one attached hydrogen (secondary N) is 1. The number of rotatable bonds is 6. The number of halogens is 2. The van der Waals surface area contributed by atoms with Gasteiger partial charge in [0.05, 0.1) is 5.02 Å². The largest absolute Gasteiger partial charge is 0.328 e. The Bertz CT molecular complexity index is 329. The summed E-state index contributed by atoms with van der Waals surface area (Å²) in [7, 11) is 0. The van der Waals surface area contributed by atoms with E-state index in [1.54, 1.807) is 12.1 Å². The van der Waals surface area contributed by atoms with E-state index in [1.165, 1.54) is 6.07 Å². The fourth-order valence-corrected chi connectivity index (χ4v) is 1.63. The molecule has 4 heteroatoms. The van der Waals surface area contributed by atoms with Crippen LogP contribution < -0.4 is 11.1 Å². The van der Waals surface area contributed by atoms with Gasteiger partial charge in [-0.25, -0.2) is 4.39 Å². The molecular weight excluding hydrogens is 227 g/mol. The average Bonchev–Trinajstić information content (AvgIpc) is 2.22. The second-order valence-corrected chi connectivity index (χ2v) is 4.45. The number of benzene rings is 1. The van der Waals surface area contributed by atoms with Crippen molar-refractivity contribution in [3.8, 4) is 0 Å². The highest BCUT2D eigenvalue weighted by atomic mass is 35.5. The smallest absolute Gasteiger partial charge is 0.141 e. The van der Waals surface area contributed by atoms with Crippen LogP contribution in [0.2, 0.25) is 5.02 Å². The topological polar surface area (TPSA) is 38.0 Å². The van der Waals surface area contributed by atoms with E-state index in [-0.39, 0.29) is 16.9 Å². The Morgan fingerprint density at radius 3 is 2.88 bits per heavy atom. The summed E-state index contributed by atoms with van der Waals surface area (Å²) in [6.45, 7) is 3.62. The zero-order valence-electron chi connectivity index (χ0n) is 9.47. The van der Waals surface area contributed by atoms with Gasteiger partial charge in [0, 0.05) is 12.6 Å². The van der Waals surface area contributed by atoms with Crippen molar-refractivity contribution in [3.05, 3.63) is 34.6 Å². The molecule has 0 fully saturated rings. The van der Waals surface area contributed by atoms with E-state index >= 15 is 0 Å². The SMILES string of the molecule is CC(N)CCCNCc1ccc(F)c(Cl)c1. The summed E-state index contributed by atoms with van der Waals surface area (Å²) in [5, 5.41) is 3.44. The van der Waals surface area contributed by atoms with Crippen LogP contribution in [0.15, 0.2) is 18.2 Å². The van der Waals surface area contributed by atoms with Crippen LogP contribution in [0.3, 0.4) is 0 Å². The Morgan fingerprint density at radius 1 is 1.50 bits per heavy atom. The van der Waals surface area contributed by atoms with E-state index in [9.17, 15) is 4.39 Å². The molecule has 0 aromatic heterocycles. The predicted octanol–water partition coefficient (Wildman–Crippen LogP) is 2.70. The monoisotopic (exact) mass is 244 g/mol. The van der Waals surface area contributed by atoms with E-state index < -0.39 is 0 Å². The lowest BCUT2D eigenvalue weighted by Crippen LogP contribution is -2.19. The minimum absolute atomic E-state index is 0.176. The van der Waals surface area contributed by atoms with Crippen molar-refractivity contribution in [2.24, 2.45) is 5.73 Å². The number of nitrogens with two attached hydrogens (primary N) is 1. The first-order valence-corrected chi connectivity index (χ1v) is 5.87. The number of hydrogen-bond donors (Lipinski definition) is 2. The summed E-state index contributed by atoms with van der Waals surface area (Å²) in [4.78, 5) is 0. The highest BCUT2D eigenvalue weighted by molar-refractivity contribution is 6.30. The minimum Gasteiger partial charge on any atom is -0.328 e. The first-order valence-electron chi connectivity index (χ1n) is 5.50. The minimum atomic E-state index is -0.373. The highest BCUT2D eigenvalue weighted by Crippen LogP contribution is 2.15. The zero-order valence-corrected chi connectivity index (χ0v) is 10.2. The second-order valence-electron chi connectivity index (χ2n) is 4.04. The summed E-state index contributed by atoms with van der Waals surface area (Å²) in [6.07, 6.45) is 2.06. The van der Waals surface area contributed by atoms with Gasteiger partial charge in [-0.05, 0) is 44.0 Å². The molecule has 0 amide bonds. The molecule has 0 bridgehead atoms. The van der Waals surface area contributed by atoms with Crippen molar-refractivity contribution in [2.45, 2.75) is 32.4 Å². The molecule has 0 aliphatic rings. The summed E-state index contributed by atoms with van der Waals surface area (Å²) >= 11 is 5.68. The molecule has 0 aliphatic carbocycles. The van der Waals surface area contributed by atoms with Gasteiger partial charge >= 0.3 is 0 Å². The summed E-state index contributed by atoms with van der Waals surface area (Å²) in [5.41, 5.74) is 6.63. The second kappa shape index (κ2) is 6.84. The molecule has 1 aromatic carbocycles. The molecule has 1 rings (SSSR count). The average molecular weight is 245 g/mol. The Kier molecular flexibility index (Phi) is 5.74. The molecule has 1 atom stereocenters. The molecule has 0 saturated heterocycles. The maximum Gasteiger partial charge on any atom is 0.141 e.